The first-order valence-electron chi connectivity index (χ1n) is 8.26. The first-order chi connectivity index (χ1) is 10.8. The van der Waals surface area contributed by atoms with Crippen molar-refractivity contribution in [3.63, 3.8) is 0 Å². The van der Waals surface area contributed by atoms with Gasteiger partial charge in [-0.1, -0.05) is 12.2 Å². The summed E-state index contributed by atoms with van der Waals surface area (Å²) in [5.74, 6) is 0.785. The molecule has 5 heteroatoms. The quantitative estimate of drug-likeness (QED) is 0.864. The summed E-state index contributed by atoms with van der Waals surface area (Å²) in [5.41, 5.74) is 0.447. The van der Waals surface area contributed by atoms with Gasteiger partial charge in [0.05, 0.1) is 6.20 Å². The number of amides is 1. The highest BCUT2D eigenvalue weighted by atomic mass is 16.2. The summed E-state index contributed by atoms with van der Waals surface area (Å²) in [6.45, 7) is 2.71. The van der Waals surface area contributed by atoms with Crippen LogP contribution in [-0.2, 0) is 0 Å². The first kappa shape index (κ1) is 15.2. The number of carbonyl (C=O) groups is 1. The van der Waals surface area contributed by atoms with Crippen LogP contribution in [0.25, 0.3) is 0 Å². The summed E-state index contributed by atoms with van der Waals surface area (Å²) in [5, 5.41) is 3.69. The van der Waals surface area contributed by atoms with Crippen LogP contribution >= 0.6 is 0 Å². The molecule has 0 saturated carbocycles. The third-order valence-corrected chi connectivity index (χ3v) is 4.64. The van der Waals surface area contributed by atoms with E-state index in [1.165, 1.54) is 19.3 Å². The van der Waals surface area contributed by atoms with Gasteiger partial charge >= 0.3 is 0 Å². The highest BCUT2D eigenvalue weighted by Crippen LogP contribution is 2.18. The number of nitrogens with zero attached hydrogens (tertiary/aromatic N) is 3. The molecule has 0 bridgehead atoms. The molecule has 5 nitrogen and oxygen atoms in total. The van der Waals surface area contributed by atoms with Crippen LogP contribution in [0.4, 0.5) is 0 Å². The van der Waals surface area contributed by atoms with E-state index in [0.717, 1.165) is 38.4 Å². The standard InChI is InChI=1S/C17H24N4O/c22-17(16-13-18-8-9-19-16)21-10-6-15(7-11-21)20-12-14-4-2-1-3-5-14/h1-2,8-9,13-15,20H,3-7,10-12H2/t14-/m0/s1. The summed E-state index contributed by atoms with van der Waals surface area (Å²) >= 11 is 0. The van der Waals surface area contributed by atoms with Gasteiger partial charge in [0, 0.05) is 31.5 Å². The summed E-state index contributed by atoms with van der Waals surface area (Å²) in [6, 6.07) is 0.539. The molecule has 3 rings (SSSR count). The van der Waals surface area contributed by atoms with E-state index in [2.05, 4.69) is 27.4 Å². The van der Waals surface area contributed by atoms with Crippen LogP contribution in [0, 0.1) is 5.92 Å². The normalized spacial score (nSPS) is 22.7. The van der Waals surface area contributed by atoms with Gasteiger partial charge in [0.1, 0.15) is 5.69 Å². The minimum absolute atomic E-state index is 0.00367. The number of allylic oxidation sites excluding steroid dienone is 2. The third-order valence-electron chi connectivity index (χ3n) is 4.64. The summed E-state index contributed by atoms with van der Waals surface area (Å²) in [7, 11) is 0. The van der Waals surface area contributed by atoms with Gasteiger partial charge in [0.2, 0.25) is 0 Å². The fourth-order valence-electron chi connectivity index (χ4n) is 3.23. The lowest BCUT2D eigenvalue weighted by atomic mass is 9.93. The molecule has 2 aliphatic rings. The topological polar surface area (TPSA) is 58.1 Å². The zero-order valence-electron chi connectivity index (χ0n) is 12.9. The van der Waals surface area contributed by atoms with Crippen LogP contribution in [0.5, 0.6) is 0 Å². The van der Waals surface area contributed by atoms with Crippen LogP contribution in [0.2, 0.25) is 0 Å². The van der Waals surface area contributed by atoms with Gasteiger partial charge in [-0.05, 0) is 44.6 Å². The Kier molecular flexibility index (Phi) is 5.16. The monoisotopic (exact) mass is 300 g/mol. The Hall–Kier alpha value is -1.75. The predicted octanol–water partition coefficient (Wildman–Crippen LogP) is 2.03. The summed E-state index contributed by atoms with van der Waals surface area (Å²) in [4.78, 5) is 22.3. The molecule has 1 N–H and O–H groups in total. The SMILES string of the molecule is O=C(c1cnccn1)N1CCC(NC[C@H]2CC=CCC2)CC1. The fraction of sp³-hybridized carbons (Fsp3) is 0.588. The molecule has 1 aliphatic heterocycles. The van der Waals surface area contributed by atoms with Crippen LogP contribution in [0.3, 0.4) is 0 Å². The number of aromatic nitrogens is 2. The van der Waals surface area contributed by atoms with Crippen LogP contribution < -0.4 is 5.32 Å². The van der Waals surface area contributed by atoms with Gasteiger partial charge in [0.15, 0.2) is 0 Å². The zero-order chi connectivity index (χ0) is 15.2. The smallest absolute Gasteiger partial charge is 0.274 e. The average molecular weight is 300 g/mol. The molecule has 1 fully saturated rings. The Morgan fingerprint density at radius 1 is 1.23 bits per heavy atom. The molecule has 2 heterocycles. The molecule has 0 spiro atoms. The van der Waals surface area contributed by atoms with E-state index in [4.69, 9.17) is 0 Å². The van der Waals surface area contributed by atoms with Crippen molar-refractivity contribution in [1.82, 2.24) is 20.2 Å². The predicted molar refractivity (Wildman–Crippen MR) is 85.4 cm³/mol. The number of hydrogen-bond donors (Lipinski definition) is 1. The van der Waals surface area contributed by atoms with Crippen molar-refractivity contribution >= 4 is 5.91 Å². The van der Waals surface area contributed by atoms with E-state index in [9.17, 15) is 4.79 Å². The van der Waals surface area contributed by atoms with Crippen molar-refractivity contribution in [3.8, 4) is 0 Å². The van der Waals surface area contributed by atoms with Gasteiger partial charge in [-0.3, -0.25) is 9.78 Å². The van der Waals surface area contributed by atoms with Crippen molar-refractivity contribution in [2.24, 2.45) is 5.92 Å². The van der Waals surface area contributed by atoms with E-state index in [0.29, 0.717) is 11.7 Å². The van der Waals surface area contributed by atoms with Crippen molar-refractivity contribution < 1.29 is 4.79 Å². The first-order valence-corrected chi connectivity index (χ1v) is 8.26. The van der Waals surface area contributed by atoms with Crippen molar-refractivity contribution in [2.45, 2.75) is 38.1 Å². The number of rotatable bonds is 4. The summed E-state index contributed by atoms with van der Waals surface area (Å²) in [6.07, 6.45) is 15.1. The number of hydrogen-bond acceptors (Lipinski definition) is 4. The lowest BCUT2D eigenvalue weighted by molar-refractivity contribution is 0.0697. The number of likely N-dealkylation sites (tertiary alicyclic amines) is 1. The molecule has 1 aromatic rings. The minimum atomic E-state index is 0.00367. The molecule has 118 valence electrons. The second-order valence-corrected chi connectivity index (χ2v) is 6.22. The van der Waals surface area contributed by atoms with E-state index in [1.54, 1.807) is 18.6 Å². The second kappa shape index (κ2) is 7.49. The maximum Gasteiger partial charge on any atom is 0.274 e. The molecule has 0 radical (unpaired) electrons. The van der Waals surface area contributed by atoms with Gasteiger partial charge in [-0.15, -0.1) is 0 Å². The number of piperidine rings is 1. The number of carbonyl (C=O) groups excluding carboxylic acids is 1. The molecule has 1 aromatic heterocycles. The van der Waals surface area contributed by atoms with Crippen molar-refractivity contribution in [3.05, 3.63) is 36.4 Å². The highest BCUT2D eigenvalue weighted by molar-refractivity contribution is 5.92. The maximum absolute atomic E-state index is 12.3. The zero-order valence-corrected chi connectivity index (χ0v) is 12.9. The largest absolute Gasteiger partial charge is 0.337 e. The van der Waals surface area contributed by atoms with Crippen LogP contribution in [0.15, 0.2) is 30.7 Å². The van der Waals surface area contributed by atoms with Crippen molar-refractivity contribution in [2.75, 3.05) is 19.6 Å². The molecule has 0 unspecified atom stereocenters. The average Bonchev–Trinajstić information content (AvgIpc) is 2.61. The van der Waals surface area contributed by atoms with Crippen LogP contribution in [-0.4, -0.2) is 46.5 Å². The van der Waals surface area contributed by atoms with Crippen LogP contribution in [0.1, 0.15) is 42.6 Å². The second-order valence-electron chi connectivity index (χ2n) is 6.22. The molecule has 1 atom stereocenters. The molecule has 1 amide bonds. The fourth-order valence-corrected chi connectivity index (χ4v) is 3.23. The molecular weight excluding hydrogens is 276 g/mol. The molecule has 0 aromatic carbocycles. The molecule has 1 saturated heterocycles. The number of nitrogens with one attached hydrogen (secondary N) is 1. The van der Waals surface area contributed by atoms with Gasteiger partial charge in [-0.25, -0.2) is 4.98 Å². The maximum atomic E-state index is 12.3. The lowest BCUT2D eigenvalue weighted by Crippen LogP contribution is -2.46. The van der Waals surface area contributed by atoms with E-state index in [-0.39, 0.29) is 5.91 Å². The minimum Gasteiger partial charge on any atom is -0.337 e. The Labute approximate surface area is 131 Å². The Morgan fingerprint density at radius 3 is 2.77 bits per heavy atom. The molecule has 22 heavy (non-hydrogen) atoms. The highest BCUT2D eigenvalue weighted by Gasteiger charge is 2.24. The summed E-state index contributed by atoms with van der Waals surface area (Å²) < 4.78 is 0. The Bertz CT molecular complexity index is 509. The van der Waals surface area contributed by atoms with E-state index >= 15 is 0 Å². The third kappa shape index (κ3) is 3.91. The molecular formula is C17H24N4O. The lowest BCUT2D eigenvalue weighted by Gasteiger charge is -2.33. The van der Waals surface area contributed by atoms with Crippen molar-refractivity contribution in [1.29, 1.82) is 0 Å². The van der Waals surface area contributed by atoms with Gasteiger partial charge in [0.25, 0.3) is 5.91 Å². The molecule has 1 aliphatic carbocycles. The van der Waals surface area contributed by atoms with Gasteiger partial charge < -0.3 is 10.2 Å². The van der Waals surface area contributed by atoms with E-state index in [1.807, 2.05) is 4.90 Å². The van der Waals surface area contributed by atoms with E-state index < -0.39 is 0 Å². The van der Waals surface area contributed by atoms with Gasteiger partial charge in [-0.2, -0.15) is 0 Å². The Morgan fingerprint density at radius 2 is 2.09 bits per heavy atom. The Balaban J connectivity index is 1.42.